The predicted molar refractivity (Wildman–Crippen MR) is 76.4 cm³/mol. The van der Waals surface area contributed by atoms with Gasteiger partial charge in [0, 0.05) is 0 Å². The van der Waals surface area contributed by atoms with Crippen molar-refractivity contribution in [2.75, 3.05) is 0 Å². The molecule has 2 rings (SSSR count). The molecule has 1 nitrogen and oxygen atoms in total. The lowest BCUT2D eigenvalue weighted by Gasteiger charge is -2.25. The molecule has 19 heavy (non-hydrogen) atoms. The Labute approximate surface area is 114 Å². The molecule has 0 saturated carbocycles. The zero-order valence-electron chi connectivity index (χ0n) is 11.7. The summed E-state index contributed by atoms with van der Waals surface area (Å²) in [6, 6.07) is 6.45. The number of rotatable bonds is 2. The molecule has 1 saturated heterocycles. The van der Waals surface area contributed by atoms with Crippen molar-refractivity contribution in [3.05, 3.63) is 60.0 Å². The highest BCUT2D eigenvalue weighted by atomic mass is 19.1. The molecule has 0 amide bonds. The third-order valence-corrected chi connectivity index (χ3v) is 3.73. The minimum Gasteiger partial charge on any atom is -0.365 e. The van der Waals surface area contributed by atoms with E-state index in [0.717, 1.165) is 29.6 Å². The van der Waals surface area contributed by atoms with E-state index in [-0.39, 0.29) is 18.0 Å². The molecule has 0 bridgehead atoms. The van der Waals surface area contributed by atoms with E-state index in [1.54, 1.807) is 12.1 Å². The van der Waals surface area contributed by atoms with E-state index in [0.29, 0.717) is 5.92 Å². The van der Waals surface area contributed by atoms with E-state index in [2.05, 4.69) is 27.0 Å². The SMILES string of the molecule is C=C1CC[C@@H](C(C)C)O[C@@H](c2ccc(F)cc2)C1=C. The first kappa shape index (κ1) is 14.0. The molecule has 0 unspecified atom stereocenters. The Bertz CT molecular complexity index is 473. The van der Waals surface area contributed by atoms with Gasteiger partial charge in [-0.2, -0.15) is 0 Å². The van der Waals surface area contributed by atoms with Gasteiger partial charge < -0.3 is 4.74 Å². The smallest absolute Gasteiger partial charge is 0.123 e. The summed E-state index contributed by atoms with van der Waals surface area (Å²) in [7, 11) is 0. The summed E-state index contributed by atoms with van der Waals surface area (Å²) >= 11 is 0. The summed E-state index contributed by atoms with van der Waals surface area (Å²) in [5.74, 6) is 0.212. The molecule has 0 N–H and O–H groups in total. The van der Waals surface area contributed by atoms with Crippen LogP contribution in [0.5, 0.6) is 0 Å². The quantitative estimate of drug-likeness (QED) is 0.741. The topological polar surface area (TPSA) is 9.23 Å². The molecule has 1 heterocycles. The maximum atomic E-state index is 13.0. The molecule has 1 aliphatic heterocycles. The van der Waals surface area contributed by atoms with Crippen molar-refractivity contribution in [3.63, 3.8) is 0 Å². The van der Waals surface area contributed by atoms with Crippen LogP contribution >= 0.6 is 0 Å². The van der Waals surface area contributed by atoms with Crippen LogP contribution in [-0.4, -0.2) is 6.10 Å². The summed E-state index contributed by atoms with van der Waals surface area (Å²) in [5, 5.41) is 0. The van der Waals surface area contributed by atoms with Gasteiger partial charge in [-0.25, -0.2) is 4.39 Å². The fourth-order valence-corrected chi connectivity index (χ4v) is 2.40. The lowest BCUT2D eigenvalue weighted by Crippen LogP contribution is -2.21. The van der Waals surface area contributed by atoms with E-state index in [9.17, 15) is 4.39 Å². The standard InChI is InChI=1S/C17H21FO/c1-11(2)16-10-5-12(3)13(4)17(19-16)14-6-8-15(18)9-7-14/h6-9,11,16-17H,3-5,10H2,1-2H3/t16-,17+/m0/s1. The second kappa shape index (κ2) is 5.70. The highest BCUT2D eigenvalue weighted by molar-refractivity contribution is 5.37. The largest absolute Gasteiger partial charge is 0.365 e. The highest BCUT2D eigenvalue weighted by Gasteiger charge is 2.28. The third-order valence-electron chi connectivity index (χ3n) is 3.73. The van der Waals surface area contributed by atoms with Crippen molar-refractivity contribution < 1.29 is 9.13 Å². The van der Waals surface area contributed by atoms with Gasteiger partial charge in [-0.05, 0) is 47.6 Å². The van der Waals surface area contributed by atoms with Crippen LogP contribution in [0.1, 0.15) is 38.4 Å². The molecular formula is C17H21FO. The number of halogens is 1. The molecule has 1 fully saturated rings. The average Bonchev–Trinajstić information content (AvgIpc) is 2.52. The van der Waals surface area contributed by atoms with E-state index in [1.165, 1.54) is 12.1 Å². The molecule has 0 spiro atoms. The maximum absolute atomic E-state index is 13.0. The van der Waals surface area contributed by atoms with E-state index < -0.39 is 0 Å². The van der Waals surface area contributed by atoms with Crippen LogP contribution < -0.4 is 0 Å². The van der Waals surface area contributed by atoms with Crippen molar-refractivity contribution in [1.82, 2.24) is 0 Å². The minimum atomic E-state index is -0.234. The van der Waals surface area contributed by atoms with Crippen molar-refractivity contribution in [3.8, 4) is 0 Å². The van der Waals surface area contributed by atoms with Gasteiger partial charge in [-0.3, -0.25) is 0 Å². The molecule has 1 aromatic carbocycles. The Morgan fingerprint density at radius 3 is 2.42 bits per heavy atom. The maximum Gasteiger partial charge on any atom is 0.123 e. The predicted octanol–water partition coefficient (Wildman–Crippen LogP) is 4.81. The van der Waals surface area contributed by atoms with Crippen molar-refractivity contribution >= 4 is 0 Å². The number of hydrogen-bond donors (Lipinski definition) is 0. The first-order valence-electron chi connectivity index (χ1n) is 6.77. The molecule has 0 radical (unpaired) electrons. The summed E-state index contributed by atoms with van der Waals surface area (Å²) in [4.78, 5) is 0. The molecule has 102 valence electrons. The minimum absolute atomic E-state index is 0.186. The van der Waals surface area contributed by atoms with Crippen LogP contribution in [0.3, 0.4) is 0 Å². The average molecular weight is 260 g/mol. The van der Waals surface area contributed by atoms with Crippen LogP contribution in [0.25, 0.3) is 0 Å². The Balaban J connectivity index is 2.30. The number of hydrogen-bond acceptors (Lipinski definition) is 1. The Kier molecular flexibility index (Phi) is 4.20. The van der Waals surface area contributed by atoms with E-state index in [1.807, 2.05) is 0 Å². The van der Waals surface area contributed by atoms with Crippen LogP contribution in [0.2, 0.25) is 0 Å². The van der Waals surface area contributed by atoms with Crippen molar-refractivity contribution in [2.45, 2.75) is 38.9 Å². The molecule has 0 aliphatic carbocycles. The monoisotopic (exact) mass is 260 g/mol. The van der Waals surface area contributed by atoms with Gasteiger partial charge in [0.1, 0.15) is 11.9 Å². The van der Waals surface area contributed by atoms with Crippen LogP contribution in [0.4, 0.5) is 4.39 Å². The lowest BCUT2D eigenvalue weighted by molar-refractivity contribution is -0.0165. The van der Waals surface area contributed by atoms with Crippen LogP contribution in [0, 0.1) is 11.7 Å². The first-order valence-corrected chi connectivity index (χ1v) is 6.77. The Morgan fingerprint density at radius 2 is 1.84 bits per heavy atom. The molecule has 1 aromatic rings. The molecule has 0 aromatic heterocycles. The summed E-state index contributed by atoms with van der Waals surface area (Å²) in [6.45, 7) is 12.5. The Hall–Kier alpha value is -1.41. The highest BCUT2D eigenvalue weighted by Crippen LogP contribution is 2.37. The fourth-order valence-electron chi connectivity index (χ4n) is 2.40. The van der Waals surface area contributed by atoms with E-state index >= 15 is 0 Å². The first-order chi connectivity index (χ1) is 8.99. The van der Waals surface area contributed by atoms with Gasteiger partial charge in [0.2, 0.25) is 0 Å². The van der Waals surface area contributed by atoms with Crippen LogP contribution in [0.15, 0.2) is 48.6 Å². The van der Waals surface area contributed by atoms with E-state index in [4.69, 9.17) is 4.74 Å². The van der Waals surface area contributed by atoms with Gasteiger partial charge >= 0.3 is 0 Å². The van der Waals surface area contributed by atoms with Crippen LogP contribution in [-0.2, 0) is 4.74 Å². The molecule has 1 aliphatic rings. The Morgan fingerprint density at radius 1 is 1.21 bits per heavy atom. The summed E-state index contributed by atoms with van der Waals surface area (Å²) < 4.78 is 19.2. The normalized spacial score (nSPS) is 24.6. The zero-order chi connectivity index (χ0) is 14.0. The summed E-state index contributed by atoms with van der Waals surface area (Å²) in [5.41, 5.74) is 2.90. The third kappa shape index (κ3) is 3.13. The fraction of sp³-hybridized carbons (Fsp3) is 0.412. The zero-order valence-corrected chi connectivity index (χ0v) is 11.7. The van der Waals surface area contributed by atoms with Crippen molar-refractivity contribution in [1.29, 1.82) is 0 Å². The number of benzene rings is 1. The van der Waals surface area contributed by atoms with Gasteiger partial charge in [0.15, 0.2) is 0 Å². The lowest BCUT2D eigenvalue weighted by atomic mass is 9.95. The molecular weight excluding hydrogens is 239 g/mol. The van der Waals surface area contributed by atoms with Crippen molar-refractivity contribution in [2.24, 2.45) is 5.92 Å². The van der Waals surface area contributed by atoms with Gasteiger partial charge in [0.05, 0.1) is 6.10 Å². The number of ether oxygens (including phenoxy) is 1. The molecule has 2 atom stereocenters. The van der Waals surface area contributed by atoms with Gasteiger partial charge in [-0.15, -0.1) is 0 Å². The van der Waals surface area contributed by atoms with Gasteiger partial charge in [0.25, 0.3) is 0 Å². The second-order valence-corrected chi connectivity index (χ2v) is 5.52. The summed E-state index contributed by atoms with van der Waals surface area (Å²) in [6.07, 6.45) is 1.86. The molecule has 2 heteroatoms. The second-order valence-electron chi connectivity index (χ2n) is 5.52. The van der Waals surface area contributed by atoms with Gasteiger partial charge in [-0.1, -0.05) is 39.1 Å².